The summed E-state index contributed by atoms with van der Waals surface area (Å²) < 4.78 is 5.76. The zero-order valence-electron chi connectivity index (χ0n) is 13.4. The van der Waals surface area contributed by atoms with Gasteiger partial charge in [-0.3, -0.25) is 4.90 Å². The number of aryl methyl sites for hydroxylation is 1. The SMILES string of the molecule is CCc1nnc([C@H]2CCCN(CCN3CCNC3=O)[C@H]2C)o1. The van der Waals surface area contributed by atoms with Crippen LogP contribution in [0.2, 0.25) is 0 Å². The molecule has 1 N–H and O–H groups in total. The molecule has 3 heterocycles. The van der Waals surface area contributed by atoms with E-state index in [0.717, 1.165) is 57.9 Å². The maximum atomic E-state index is 11.6. The first-order chi connectivity index (χ1) is 10.7. The van der Waals surface area contributed by atoms with Crippen LogP contribution in [0, 0.1) is 0 Å². The second-order valence-electron chi connectivity index (χ2n) is 6.13. The summed E-state index contributed by atoms with van der Waals surface area (Å²) in [5, 5.41) is 11.2. The number of likely N-dealkylation sites (tertiary alicyclic amines) is 1. The van der Waals surface area contributed by atoms with Crippen LogP contribution >= 0.6 is 0 Å². The summed E-state index contributed by atoms with van der Waals surface area (Å²) >= 11 is 0. The van der Waals surface area contributed by atoms with E-state index in [1.807, 2.05) is 11.8 Å². The van der Waals surface area contributed by atoms with Crippen LogP contribution < -0.4 is 5.32 Å². The van der Waals surface area contributed by atoms with Gasteiger partial charge in [0, 0.05) is 38.6 Å². The van der Waals surface area contributed by atoms with Crippen LogP contribution in [0.3, 0.4) is 0 Å². The summed E-state index contributed by atoms with van der Waals surface area (Å²) in [6.07, 6.45) is 3.00. The molecule has 0 radical (unpaired) electrons. The number of carbonyl (C=O) groups excluding carboxylic acids is 1. The summed E-state index contributed by atoms with van der Waals surface area (Å²) in [6, 6.07) is 0.426. The van der Waals surface area contributed by atoms with Gasteiger partial charge in [0.15, 0.2) is 0 Å². The number of piperidine rings is 1. The second-order valence-corrected chi connectivity index (χ2v) is 6.13. The topological polar surface area (TPSA) is 74.5 Å². The van der Waals surface area contributed by atoms with Gasteiger partial charge in [0.2, 0.25) is 11.8 Å². The molecule has 2 atom stereocenters. The molecule has 2 aliphatic heterocycles. The van der Waals surface area contributed by atoms with Gasteiger partial charge in [-0.15, -0.1) is 10.2 Å². The number of hydrogen-bond donors (Lipinski definition) is 1. The molecular formula is C15H25N5O2. The first-order valence-electron chi connectivity index (χ1n) is 8.28. The predicted molar refractivity (Wildman–Crippen MR) is 81.7 cm³/mol. The summed E-state index contributed by atoms with van der Waals surface area (Å²) in [7, 11) is 0. The zero-order chi connectivity index (χ0) is 15.5. The second kappa shape index (κ2) is 6.64. The molecule has 0 aromatic carbocycles. The third kappa shape index (κ3) is 3.09. The lowest BCUT2D eigenvalue weighted by molar-refractivity contribution is 0.116. The van der Waals surface area contributed by atoms with Crippen LogP contribution in [-0.2, 0) is 6.42 Å². The molecule has 1 aromatic rings. The Kier molecular flexibility index (Phi) is 4.61. The summed E-state index contributed by atoms with van der Waals surface area (Å²) in [4.78, 5) is 15.9. The molecule has 0 unspecified atom stereocenters. The Hall–Kier alpha value is -1.63. The van der Waals surface area contributed by atoms with Gasteiger partial charge in [-0.2, -0.15) is 0 Å². The molecule has 2 aliphatic rings. The fourth-order valence-electron chi connectivity index (χ4n) is 3.39. The monoisotopic (exact) mass is 307 g/mol. The van der Waals surface area contributed by atoms with Gasteiger partial charge in [-0.25, -0.2) is 4.79 Å². The molecule has 0 saturated carbocycles. The molecule has 0 spiro atoms. The largest absolute Gasteiger partial charge is 0.425 e. The van der Waals surface area contributed by atoms with E-state index in [0.29, 0.717) is 17.9 Å². The number of amides is 2. The summed E-state index contributed by atoms with van der Waals surface area (Å²) in [5.74, 6) is 1.79. The average molecular weight is 307 g/mol. The van der Waals surface area contributed by atoms with Crippen molar-refractivity contribution in [1.82, 2.24) is 25.3 Å². The Morgan fingerprint density at radius 1 is 1.32 bits per heavy atom. The standard InChI is InChI=1S/C15H25N5O2/c1-3-13-17-18-14(22-13)12-5-4-7-19(11(12)2)9-10-20-8-6-16-15(20)21/h11-12H,3-10H2,1-2H3,(H,16,21)/t11-,12-/m0/s1. The van der Waals surface area contributed by atoms with Crippen molar-refractivity contribution in [2.24, 2.45) is 0 Å². The van der Waals surface area contributed by atoms with E-state index in [4.69, 9.17) is 4.42 Å². The van der Waals surface area contributed by atoms with E-state index in [2.05, 4.69) is 27.3 Å². The fraction of sp³-hybridized carbons (Fsp3) is 0.800. The van der Waals surface area contributed by atoms with Gasteiger partial charge in [0.25, 0.3) is 0 Å². The molecule has 0 bridgehead atoms. The van der Waals surface area contributed by atoms with Gasteiger partial charge in [0.1, 0.15) is 0 Å². The Labute approximate surface area is 131 Å². The third-order valence-electron chi connectivity index (χ3n) is 4.82. The van der Waals surface area contributed by atoms with Gasteiger partial charge in [-0.1, -0.05) is 6.92 Å². The van der Waals surface area contributed by atoms with Crippen LogP contribution in [-0.4, -0.2) is 64.8 Å². The van der Waals surface area contributed by atoms with E-state index in [1.165, 1.54) is 0 Å². The fourth-order valence-corrected chi connectivity index (χ4v) is 3.39. The lowest BCUT2D eigenvalue weighted by Crippen LogP contribution is -2.46. The highest BCUT2D eigenvalue weighted by Crippen LogP contribution is 2.31. The Morgan fingerprint density at radius 2 is 2.18 bits per heavy atom. The van der Waals surface area contributed by atoms with Crippen LogP contribution in [0.1, 0.15) is 44.4 Å². The van der Waals surface area contributed by atoms with Crippen LogP contribution in [0.15, 0.2) is 4.42 Å². The number of urea groups is 1. The molecule has 1 aromatic heterocycles. The maximum absolute atomic E-state index is 11.6. The Balaban J connectivity index is 1.59. The van der Waals surface area contributed by atoms with Gasteiger partial charge in [0.05, 0.1) is 5.92 Å². The van der Waals surface area contributed by atoms with Crippen molar-refractivity contribution < 1.29 is 9.21 Å². The quantitative estimate of drug-likeness (QED) is 0.885. The highest BCUT2D eigenvalue weighted by Gasteiger charge is 2.33. The molecule has 22 heavy (non-hydrogen) atoms. The van der Waals surface area contributed by atoms with Crippen molar-refractivity contribution in [3.8, 4) is 0 Å². The molecular weight excluding hydrogens is 282 g/mol. The molecule has 122 valence electrons. The number of nitrogens with zero attached hydrogens (tertiary/aromatic N) is 4. The van der Waals surface area contributed by atoms with E-state index >= 15 is 0 Å². The van der Waals surface area contributed by atoms with Crippen molar-refractivity contribution in [2.75, 3.05) is 32.7 Å². The number of aromatic nitrogens is 2. The van der Waals surface area contributed by atoms with Crippen LogP contribution in [0.5, 0.6) is 0 Å². The third-order valence-corrected chi connectivity index (χ3v) is 4.82. The molecule has 2 saturated heterocycles. The summed E-state index contributed by atoms with van der Waals surface area (Å²) in [5.41, 5.74) is 0. The van der Waals surface area contributed by atoms with E-state index in [1.54, 1.807) is 0 Å². The maximum Gasteiger partial charge on any atom is 0.317 e. The molecule has 2 fully saturated rings. The van der Waals surface area contributed by atoms with Crippen molar-refractivity contribution in [2.45, 2.75) is 45.1 Å². The number of rotatable bonds is 5. The molecule has 7 heteroatoms. The number of nitrogens with one attached hydrogen (secondary N) is 1. The normalized spacial score (nSPS) is 26.5. The highest BCUT2D eigenvalue weighted by molar-refractivity contribution is 5.76. The Bertz CT molecular complexity index is 518. The van der Waals surface area contributed by atoms with Gasteiger partial charge >= 0.3 is 6.03 Å². The van der Waals surface area contributed by atoms with E-state index in [-0.39, 0.29) is 6.03 Å². The minimum absolute atomic E-state index is 0.0608. The first-order valence-corrected chi connectivity index (χ1v) is 8.28. The minimum Gasteiger partial charge on any atom is -0.425 e. The molecule has 0 aliphatic carbocycles. The Morgan fingerprint density at radius 3 is 2.86 bits per heavy atom. The van der Waals surface area contributed by atoms with Gasteiger partial charge < -0.3 is 14.6 Å². The van der Waals surface area contributed by atoms with Crippen molar-refractivity contribution in [3.63, 3.8) is 0 Å². The number of hydrogen-bond acceptors (Lipinski definition) is 5. The van der Waals surface area contributed by atoms with E-state index in [9.17, 15) is 4.79 Å². The van der Waals surface area contributed by atoms with Crippen LogP contribution in [0.25, 0.3) is 0 Å². The lowest BCUT2D eigenvalue weighted by atomic mass is 9.90. The zero-order valence-corrected chi connectivity index (χ0v) is 13.4. The smallest absolute Gasteiger partial charge is 0.317 e. The summed E-state index contributed by atoms with van der Waals surface area (Å²) in [6.45, 7) is 8.58. The minimum atomic E-state index is 0.0608. The van der Waals surface area contributed by atoms with Crippen molar-refractivity contribution >= 4 is 6.03 Å². The van der Waals surface area contributed by atoms with Crippen molar-refractivity contribution in [1.29, 1.82) is 0 Å². The highest BCUT2D eigenvalue weighted by atomic mass is 16.4. The molecule has 7 nitrogen and oxygen atoms in total. The number of carbonyl (C=O) groups is 1. The van der Waals surface area contributed by atoms with Crippen molar-refractivity contribution in [3.05, 3.63) is 11.8 Å². The van der Waals surface area contributed by atoms with E-state index < -0.39 is 0 Å². The van der Waals surface area contributed by atoms with Crippen LogP contribution in [0.4, 0.5) is 4.79 Å². The predicted octanol–water partition coefficient (Wildman–Crippen LogP) is 1.23. The average Bonchev–Trinajstić information content (AvgIpc) is 3.15. The molecule has 2 amide bonds. The first kappa shape index (κ1) is 15.3. The van der Waals surface area contributed by atoms with Gasteiger partial charge in [-0.05, 0) is 26.3 Å². The lowest BCUT2D eigenvalue weighted by Gasteiger charge is -2.38. The molecule has 3 rings (SSSR count).